The minimum atomic E-state index is -1.45. The second kappa shape index (κ2) is 7.49. The van der Waals surface area contributed by atoms with Crippen molar-refractivity contribution < 1.29 is 29.9 Å². The van der Waals surface area contributed by atoms with Crippen LogP contribution in [0.3, 0.4) is 0 Å². The molecule has 0 aromatic heterocycles. The molecule has 0 aromatic carbocycles. The first-order valence-electron chi connectivity index (χ1n) is 5.54. The molecule has 5 atom stereocenters. The van der Waals surface area contributed by atoms with E-state index < -0.39 is 37.3 Å². The number of ether oxygens (including phenoxy) is 2. The summed E-state index contributed by atoms with van der Waals surface area (Å²) in [6, 6.07) is 0. The lowest BCUT2D eigenvalue weighted by Crippen LogP contribution is -2.59. The van der Waals surface area contributed by atoms with Crippen molar-refractivity contribution in [2.75, 3.05) is 19.8 Å². The monoisotopic (exact) mass is 263 g/mol. The van der Waals surface area contributed by atoms with Gasteiger partial charge in [-0.05, 0) is 12.0 Å². The predicted octanol–water partition coefficient (Wildman–Crippen LogP) is -1.50. The largest absolute Gasteiger partial charge is 0.394 e. The normalized spacial score (nSPS) is 36.1. The van der Waals surface area contributed by atoms with Gasteiger partial charge in [0.05, 0.1) is 6.61 Å². The van der Waals surface area contributed by atoms with E-state index in [1.54, 1.807) is 0 Å². The Labute approximate surface area is 103 Å². The lowest BCUT2D eigenvalue weighted by molar-refractivity contribution is -0.301. The highest BCUT2D eigenvalue weighted by Gasteiger charge is 2.43. The molecule has 0 bridgehead atoms. The lowest BCUT2D eigenvalue weighted by Gasteiger charge is -2.39. The highest BCUT2D eigenvalue weighted by molar-refractivity contribution is 4.88. The zero-order valence-corrected chi connectivity index (χ0v) is 9.66. The molecule has 2 unspecified atom stereocenters. The molecular weight excluding hydrogens is 246 g/mol. The Morgan fingerprint density at radius 1 is 1.22 bits per heavy atom. The molecule has 0 saturated carbocycles. The van der Waals surface area contributed by atoms with Crippen molar-refractivity contribution in [3.05, 3.63) is 10.4 Å². The van der Waals surface area contributed by atoms with Crippen LogP contribution in [-0.4, -0.2) is 70.9 Å². The average molecular weight is 263 g/mol. The van der Waals surface area contributed by atoms with Gasteiger partial charge in [-0.1, -0.05) is 5.11 Å². The SMILES string of the molecule is [N-]=[N+]=NCCCO[C@@H]1OC(CO)[C@H](O)C(O)[C@@H]1O. The second-order valence-electron chi connectivity index (χ2n) is 3.88. The Bertz CT molecular complexity index is 296. The maximum absolute atomic E-state index is 9.60. The van der Waals surface area contributed by atoms with Gasteiger partial charge in [0.25, 0.3) is 0 Å². The Morgan fingerprint density at radius 3 is 2.56 bits per heavy atom. The van der Waals surface area contributed by atoms with Crippen LogP contribution in [-0.2, 0) is 9.47 Å². The van der Waals surface area contributed by atoms with Gasteiger partial charge in [-0.15, -0.1) is 0 Å². The number of rotatable bonds is 6. The van der Waals surface area contributed by atoms with E-state index in [0.29, 0.717) is 6.42 Å². The van der Waals surface area contributed by atoms with Gasteiger partial charge in [-0.3, -0.25) is 0 Å². The van der Waals surface area contributed by atoms with Crippen molar-refractivity contribution in [1.82, 2.24) is 0 Å². The summed E-state index contributed by atoms with van der Waals surface area (Å²) >= 11 is 0. The van der Waals surface area contributed by atoms with Crippen LogP contribution < -0.4 is 0 Å². The molecule has 4 N–H and O–H groups in total. The minimum Gasteiger partial charge on any atom is -0.394 e. The number of hydrogen-bond acceptors (Lipinski definition) is 7. The fourth-order valence-corrected chi connectivity index (χ4v) is 1.58. The molecule has 1 aliphatic rings. The first-order valence-corrected chi connectivity index (χ1v) is 5.54. The Morgan fingerprint density at radius 2 is 1.94 bits per heavy atom. The fourth-order valence-electron chi connectivity index (χ4n) is 1.58. The van der Waals surface area contributed by atoms with E-state index in [0.717, 1.165) is 0 Å². The smallest absolute Gasteiger partial charge is 0.186 e. The van der Waals surface area contributed by atoms with Crippen LogP contribution in [0.5, 0.6) is 0 Å². The summed E-state index contributed by atoms with van der Waals surface area (Å²) < 4.78 is 10.3. The maximum atomic E-state index is 9.60. The van der Waals surface area contributed by atoms with Gasteiger partial charge in [0, 0.05) is 18.1 Å². The summed E-state index contributed by atoms with van der Waals surface area (Å²) in [7, 11) is 0. The third-order valence-corrected chi connectivity index (χ3v) is 2.60. The average Bonchev–Trinajstić information content (AvgIpc) is 2.38. The summed E-state index contributed by atoms with van der Waals surface area (Å²) in [5, 5.41) is 40.8. The first-order chi connectivity index (χ1) is 8.61. The van der Waals surface area contributed by atoms with Crippen LogP contribution in [0.4, 0.5) is 0 Å². The van der Waals surface area contributed by atoms with Crippen LogP contribution in [0.25, 0.3) is 10.4 Å². The number of azide groups is 1. The summed E-state index contributed by atoms with van der Waals surface area (Å²) in [5.74, 6) is 0. The van der Waals surface area contributed by atoms with Gasteiger partial charge in [0.1, 0.15) is 24.4 Å². The van der Waals surface area contributed by atoms with Gasteiger partial charge < -0.3 is 29.9 Å². The topological polar surface area (TPSA) is 148 Å². The van der Waals surface area contributed by atoms with Gasteiger partial charge >= 0.3 is 0 Å². The molecule has 1 aliphatic heterocycles. The van der Waals surface area contributed by atoms with E-state index in [-0.39, 0.29) is 13.2 Å². The van der Waals surface area contributed by atoms with E-state index >= 15 is 0 Å². The molecular formula is C9H17N3O6. The van der Waals surface area contributed by atoms with Crippen LogP contribution in [0.1, 0.15) is 6.42 Å². The van der Waals surface area contributed by atoms with Crippen LogP contribution in [0.2, 0.25) is 0 Å². The molecule has 0 amide bonds. The van der Waals surface area contributed by atoms with E-state index in [4.69, 9.17) is 20.1 Å². The van der Waals surface area contributed by atoms with E-state index in [2.05, 4.69) is 10.0 Å². The zero-order chi connectivity index (χ0) is 13.5. The predicted molar refractivity (Wildman–Crippen MR) is 58.3 cm³/mol. The molecule has 1 rings (SSSR count). The van der Waals surface area contributed by atoms with Crippen molar-refractivity contribution in [2.45, 2.75) is 37.1 Å². The lowest BCUT2D eigenvalue weighted by atomic mass is 9.99. The molecule has 9 nitrogen and oxygen atoms in total. The standard InChI is InChI=1S/C9H17N3O6/c10-12-11-2-1-3-17-9-8(16)7(15)6(14)5(4-13)18-9/h5-9,13-16H,1-4H2/t5?,6-,7?,8-,9+/m0/s1. The van der Waals surface area contributed by atoms with E-state index in [1.165, 1.54) is 0 Å². The van der Waals surface area contributed by atoms with E-state index in [1.807, 2.05) is 0 Å². The molecule has 9 heteroatoms. The van der Waals surface area contributed by atoms with Gasteiger partial charge in [-0.2, -0.15) is 0 Å². The maximum Gasteiger partial charge on any atom is 0.186 e. The minimum absolute atomic E-state index is 0.154. The molecule has 0 aromatic rings. The number of aliphatic hydroxyl groups excluding tert-OH is 4. The molecule has 0 spiro atoms. The molecule has 1 fully saturated rings. The Kier molecular flexibility index (Phi) is 6.30. The Hall–Kier alpha value is -0.930. The highest BCUT2D eigenvalue weighted by Crippen LogP contribution is 2.21. The molecule has 18 heavy (non-hydrogen) atoms. The van der Waals surface area contributed by atoms with Crippen molar-refractivity contribution in [2.24, 2.45) is 5.11 Å². The van der Waals surface area contributed by atoms with Gasteiger partial charge in [-0.25, -0.2) is 0 Å². The van der Waals surface area contributed by atoms with Crippen molar-refractivity contribution in [3.8, 4) is 0 Å². The molecule has 0 aliphatic carbocycles. The van der Waals surface area contributed by atoms with Crippen LogP contribution in [0, 0.1) is 0 Å². The van der Waals surface area contributed by atoms with E-state index in [9.17, 15) is 15.3 Å². The van der Waals surface area contributed by atoms with Crippen molar-refractivity contribution in [1.29, 1.82) is 0 Å². The van der Waals surface area contributed by atoms with Gasteiger partial charge in [0.15, 0.2) is 6.29 Å². The van der Waals surface area contributed by atoms with Crippen molar-refractivity contribution >= 4 is 0 Å². The third-order valence-electron chi connectivity index (χ3n) is 2.60. The van der Waals surface area contributed by atoms with Crippen LogP contribution >= 0.6 is 0 Å². The summed E-state index contributed by atoms with van der Waals surface area (Å²) in [4.78, 5) is 2.56. The zero-order valence-electron chi connectivity index (χ0n) is 9.66. The third kappa shape index (κ3) is 3.79. The second-order valence-corrected chi connectivity index (χ2v) is 3.88. The first kappa shape index (κ1) is 15.1. The molecule has 104 valence electrons. The van der Waals surface area contributed by atoms with Crippen LogP contribution in [0.15, 0.2) is 5.11 Å². The molecule has 1 heterocycles. The number of nitrogens with zero attached hydrogens (tertiary/aromatic N) is 3. The summed E-state index contributed by atoms with van der Waals surface area (Å²) in [6.45, 7) is -0.0981. The van der Waals surface area contributed by atoms with Gasteiger partial charge in [0.2, 0.25) is 0 Å². The number of aliphatic hydroxyl groups is 4. The summed E-state index contributed by atoms with van der Waals surface area (Å²) in [5.41, 5.74) is 8.05. The van der Waals surface area contributed by atoms with Crippen molar-refractivity contribution in [3.63, 3.8) is 0 Å². The summed E-state index contributed by atoms with van der Waals surface area (Å²) in [6.07, 6.45) is -5.93. The molecule has 0 radical (unpaired) electrons. The molecule has 1 saturated heterocycles. The number of hydrogen-bond donors (Lipinski definition) is 4. The fraction of sp³-hybridized carbons (Fsp3) is 1.00. The Balaban J connectivity index is 2.41. The quantitative estimate of drug-likeness (QED) is 0.198. The highest BCUT2D eigenvalue weighted by atomic mass is 16.7.